The van der Waals surface area contributed by atoms with Crippen molar-refractivity contribution in [1.29, 1.82) is 0 Å². The number of fused-ring (bicyclic) bond motifs is 2. The Morgan fingerprint density at radius 2 is 2.00 bits per heavy atom. The van der Waals surface area contributed by atoms with E-state index < -0.39 is 0 Å². The van der Waals surface area contributed by atoms with E-state index in [-0.39, 0.29) is 0 Å². The lowest BCUT2D eigenvalue weighted by atomic mass is 9.83. The summed E-state index contributed by atoms with van der Waals surface area (Å²) in [6.07, 6.45) is 8.16. The first-order chi connectivity index (χ1) is 9.24. The zero-order valence-electron chi connectivity index (χ0n) is 11.3. The van der Waals surface area contributed by atoms with Crippen LogP contribution in [0.4, 0.5) is 0 Å². The molecule has 2 aliphatic carbocycles. The normalized spacial score (nSPS) is 30.7. The molecule has 2 aliphatic rings. The maximum atomic E-state index is 5.77. The molecule has 2 saturated carbocycles. The minimum absolute atomic E-state index is 0.422. The zero-order valence-corrected chi connectivity index (χ0v) is 12.9. The second-order valence-corrected chi connectivity index (χ2v) is 7.28. The standard InChI is InChI=1S/C16H23BrN2/c17-15-5-2-11(3-6-15)9-16(19-18)10-14-8-12-1-4-13(14)7-12/h2-3,5-6,12-14,16,19H,1,4,7-10,18H2. The molecule has 19 heavy (non-hydrogen) atoms. The summed E-state index contributed by atoms with van der Waals surface area (Å²) in [5.74, 6) is 8.70. The molecule has 4 atom stereocenters. The van der Waals surface area contributed by atoms with Gasteiger partial charge < -0.3 is 0 Å². The van der Waals surface area contributed by atoms with Gasteiger partial charge in [0, 0.05) is 10.5 Å². The highest BCUT2D eigenvalue weighted by atomic mass is 79.9. The van der Waals surface area contributed by atoms with Gasteiger partial charge in [-0.05, 0) is 67.6 Å². The van der Waals surface area contributed by atoms with Gasteiger partial charge in [-0.15, -0.1) is 0 Å². The molecule has 1 aromatic rings. The molecule has 3 heteroatoms. The summed E-state index contributed by atoms with van der Waals surface area (Å²) in [5, 5.41) is 0. The summed E-state index contributed by atoms with van der Waals surface area (Å²) in [5.41, 5.74) is 4.41. The Balaban J connectivity index is 1.57. The summed E-state index contributed by atoms with van der Waals surface area (Å²) in [7, 11) is 0. The highest BCUT2D eigenvalue weighted by Crippen LogP contribution is 2.49. The molecule has 0 aromatic heterocycles. The van der Waals surface area contributed by atoms with Crippen LogP contribution >= 0.6 is 15.9 Å². The van der Waals surface area contributed by atoms with Crippen molar-refractivity contribution in [2.24, 2.45) is 23.6 Å². The van der Waals surface area contributed by atoms with Gasteiger partial charge in [0.1, 0.15) is 0 Å². The van der Waals surface area contributed by atoms with Gasteiger partial charge in [0.05, 0.1) is 0 Å². The van der Waals surface area contributed by atoms with Gasteiger partial charge in [-0.25, -0.2) is 0 Å². The highest BCUT2D eigenvalue weighted by Gasteiger charge is 2.39. The van der Waals surface area contributed by atoms with Crippen LogP contribution in [0, 0.1) is 17.8 Å². The summed E-state index contributed by atoms with van der Waals surface area (Å²) >= 11 is 3.48. The Bertz CT molecular complexity index is 417. The molecule has 0 radical (unpaired) electrons. The number of hydrazine groups is 1. The quantitative estimate of drug-likeness (QED) is 0.641. The van der Waals surface area contributed by atoms with E-state index in [2.05, 4.69) is 45.6 Å². The first kappa shape index (κ1) is 13.6. The van der Waals surface area contributed by atoms with E-state index in [9.17, 15) is 0 Å². The third-order valence-electron chi connectivity index (χ3n) is 5.10. The average molecular weight is 323 g/mol. The van der Waals surface area contributed by atoms with Crippen LogP contribution in [-0.2, 0) is 6.42 Å². The van der Waals surface area contributed by atoms with Crippen molar-refractivity contribution in [1.82, 2.24) is 5.43 Å². The molecule has 2 fully saturated rings. The lowest BCUT2D eigenvalue weighted by Gasteiger charge is -2.26. The van der Waals surface area contributed by atoms with Crippen molar-refractivity contribution < 1.29 is 0 Å². The summed E-state index contributed by atoms with van der Waals surface area (Å²) in [6.45, 7) is 0. The third kappa shape index (κ3) is 3.21. The molecule has 2 nitrogen and oxygen atoms in total. The van der Waals surface area contributed by atoms with Gasteiger partial charge in [0.25, 0.3) is 0 Å². The molecular formula is C16H23BrN2. The molecule has 0 heterocycles. The fourth-order valence-corrected chi connectivity index (χ4v) is 4.41. The van der Waals surface area contributed by atoms with Crippen molar-refractivity contribution in [2.45, 2.75) is 44.6 Å². The van der Waals surface area contributed by atoms with Crippen molar-refractivity contribution in [3.63, 3.8) is 0 Å². The number of halogens is 1. The van der Waals surface area contributed by atoms with Crippen LogP contribution in [0.1, 0.15) is 37.7 Å². The van der Waals surface area contributed by atoms with Crippen LogP contribution < -0.4 is 11.3 Å². The fraction of sp³-hybridized carbons (Fsp3) is 0.625. The summed E-state index contributed by atoms with van der Waals surface area (Å²) in [4.78, 5) is 0. The Morgan fingerprint density at radius 1 is 1.21 bits per heavy atom. The van der Waals surface area contributed by atoms with E-state index in [1.54, 1.807) is 0 Å². The molecule has 0 spiro atoms. The van der Waals surface area contributed by atoms with Gasteiger partial charge >= 0.3 is 0 Å². The van der Waals surface area contributed by atoms with E-state index in [4.69, 9.17) is 5.84 Å². The van der Waals surface area contributed by atoms with Crippen LogP contribution in [0.25, 0.3) is 0 Å². The van der Waals surface area contributed by atoms with E-state index in [1.807, 2.05) is 0 Å². The van der Waals surface area contributed by atoms with Gasteiger partial charge in [0.15, 0.2) is 0 Å². The Morgan fingerprint density at radius 3 is 2.58 bits per heavy atom. The predicted octanol–water partition coefficient (Wildman–Crippen LogP) is 3.65. The van der Waals surface area contributed by atoms with E-state index in [1.165, 1.54) is 37.7 Å². The van der Waals surface area contributed by atoms with Crippen molar-refractivity contribution >= 4 is 15.9 Å². The monoisotopic (exact) mass is 322 g/mol. The van der Waals surface area contributed by atoms with Crippen molar-refractivity contribution in [3.8, 4) is 0 Å². The third-order valence-corrected chi connectivity index (χ3v) is 5.63. The van der Waals surface area contributed by atoms with E-state index >= 15 is 0 Å². The lowest BCUT2D eigenvalue weighted by Crippen LogP contribution is -2.39. The predicted molar refractivity (Wildman–Crippen MR) is 82.5 cm³/mol. The van der Waals surface area contributed by atoms with Gasteiger partial charge in [-0.1, -0.05) is 34.5 Å². The number of hydrogen-bond acceptors (Lipinski definition) is 2. The van der Waals surface area contributed by atoms with Gasteiger partial charge in [-0.2, -0.15) is 0 Å². The van der Waals surface area contributed by atoms with Gasteiger partial charge in [0.2, 0.25) is 0 Å². The Labute approximate surface area is 124 Å². The molecule has 4 unspecified atom stereocenters. The first-order valence-electron chi connectivity index (χ1n) is 7.45. The molecule has 1 aromatic carbocycles. The molecule has 3 N–H and O–H groups in total. The van der Waals surface area contributed by atoms with Crippen molar-refractivity contribution in [3.05, 3.63) is 34.3 Å². The smallest absolute Gasteiger partial charge is 0.0253 e. The summed E-state index contributed by atoms with van der Waals surface area (Å²) < 4.78 is 1.14. The second kappa shape index (κ2) is 5.94. The maximum absolute atomic E-state index is 5.77. The second-order valence-electron chi connectivity index (χ2n) is 6.36. The summed E-state index contributed by atoms with van der Waals surface area (Å²) in [6, 6.07) is 9.02. The molecule has 104 valence electrons. The molecule has 0 aliphatic heterocycles. The molecule has 3 rings (SSSR count). The maximum Gasteiger partial charge on any atom is 0.0253 e. The van der Waals surface area contributed by atoms with Gasteiger partial charge in [-0.3, -0.25) is 11.3 Å². The topological polar surface area (TPSA) is 38.0 Å². The fourth-order valence-electron chi connectivity index (χ4n) is 4.15. The average Bonchev–Trinajstić information content (AvgIpc) is 3.03. The minimum Gasteiger partial charge on any atom is -0.271 e. The molecule has 0 saturated heterocycles. The van der Waals surface area contributed by atoms with E-state index in [0.29, 0.717) is 6.04 Å². The zero-order chi connectivity index (χ0) is 13.2. The molecule has 0 amide bonds. The number of nitrogens with one attached hydrogen (secondary N) is 1. The van der Waals surface area contributed by atoms with Crippen LogP contribution in [0.3, 0.4) is 0 Å². The number of nitrogens with two attached hydrogens (primary N) is 1. The largest absolute Gasteiger partial charge is 0.271 e. The number of hydrogen-bond donors (Lipinski definition) is 2. The first-order valence-corrected chi connectivity index (χ1v) is 8.24. The highest BCUT2D eigenvalue weighted by molar-refractivity contribution is 9.10. The Hall–Kier alpha value is -0.380. The SMILES string of the molecule is NNC(Cc1ccc(Br)cc1)CC1CC2CCC1C2. The number of rotatable bonds is 5. The van der Waals surface area contributed by atoms with Crippen LogP contribution in [0.2, 0.25) is 0 Å². The van der Waals surface area contributed by atoms with E-state index in [0.717, 1.165) is 28.6 Å². The minimum atomic E-state index is 0.422. The molecular weight excluding hydrogens is 300 g/mol. The lowest BCUT2D eigenvalue weighted by molar-refractivity contribution is 0.277. The van der Waals surface area contributed by atoms with Crippen LogP contribution in [-0.4, -0.2) is 6.04 Å². The molecule has 2 bridgehead atoms. The number of benzene rings is 1. The van der Waals surface area contributed by atoms with Crippen LogP contribution in [0.5, 0.6) is 0 Å². The Kier molecular flexibility index (Phi) is 4.25. The van der Waals surface area contributed by atoms with Crippen LogP contribution in [0.15, 0.2) is 28.7 Å². The van der Waals surface area contributed by atoms with Crippen molar-refractivity contribution in [2.75, 3.05) is 0 Å².